The van der Waals surface area contributed by atoms with Crippen molar-refractivity contribution in [2.24, 2.45) is 4.99 Å². The number of amides is 2. The van der Waals surface area contributed by atoms with Crippen molar-refractivity contribution in [3.8, 4) is 22.4 Å². The number of alkyl halides is 2. The van der Waals surface area contributed by atoms with Crippen LogP contribution >= 0.6 is 0 Å². The van der Waals surface area contributed by atoms with Crippen LogP contribution in [0.3, 0.4) is 0 Å². The third kappa shape index (κ3) is 8.78. The van der Waals surface area contributed by atoms with Crippen molar-refractivity contribution >= 4 is 23.1 Å². The number of carbonyl (C=O) groups excluding carboxylic acids is 2. The minimum Gasteiger partial charge on any atom is -0.340 e. The molecule has 1 aromatic heterocycles. The fourth-order valence-corrected chi connectivity index (χ4v) is 9.65. The second-order valence-electron chi connectivity index (χ2n) is 16.6. The molecule has 322 valence electrons. The predicted octanol–water partition coefficient (Wildman–Crippen LogP) is 10.00. The number of hydrogen-bond donors (Lipinski definition) is 1. The van der Waals surface area contributed by atoms with Gasteiger partial charge in [0.1, 0.15) is 17.9 Å². The van der Waals surface area contributed by atoms with E-state index in [0.29, 0.717) is 31.0 Å². The van der Waals surface area contributed by atoms with Gasteiger partial charge in [-0.2, -0.15) is 0 Å². The number of hydrogen-bond acceptors (Lipinski definition) is 6. The Labute approximate surface area is 364 Å². The number of benzene rings is 4. The van der Waals surface area contributed by atoms with Crippen LogP contribution in [0.1, 0.15) is 94.0 Å². The molecule has 0 bridgehead atoms. The van der Waals surface area contributed by atoms with Gasteiger partial charge in [0.25, 0.3) is 5.92 Å². The van der Waals surface area contributed by atoms with E-state index in [2.05, 4.69) is 70.0 Å². The van der Waals surface area contributed by atoms with Gasteiger partial charge in [0, 0.05) is 31.3 Å². The van der Waals surface area contributed by atoms with Crippen LogP contribution in [0.4, 0.5) is 8.78 Å². The van der Waals surface area contributed by atoms with Crippen LogP contribution in [0.5, 0.6) is 0 Å². The number of likely N-dealkylation sites (tertiary alicyclic amines) is 2. The summed E-state index contributed by atoms with van der Waals surface area (Å²) in [5, 5.41) is 0. The lowest BCUT2D eigenvalue weighted by Crippen LogP contribution is -2.47. The van der Waals surface area contributed by atoms with E-state index in [-0.39, 0.29) is 23.9 Å². The SMILES string of the molecule is CCN(CC)[C@@H](C(=O)N1CCC[C@H]1C1=NC=C(c2ccc(-c3ccc(-c4cnc([C@@H]5CC(F)(F)CN5C(=O)[C@@H](c5ccccc5)N(CC)CC)[nH]4)cc3)cc2)C1)c1ccccc1. The summed E-state index contributed by atoms with van der Waals surface area (Å²) >= 11 is 0. The van der Waals surface area contributed by atoms with E-state index >= 15 is 8.78 Å². The van der Waals surface area contributed by atoms with Gasteiger partial charge in [-0.15, -0.1) is 0 Å². The molecule has 2 fully saturated rings. The van der Waals surface area contributed by atoms with Gasteiger partial charge in [0.15, 0.2) is 0 Å². The summed E-state index contributed by atoms with van der Waals surface area (Å²) in [6.45, 7) is 11.1. The van der Waals surface area contributed by atoms with Crippen molar-refractivity contribution in [3.63, 3.8) is 0 Å². The van der Waals surface area contributed by atoms with Crippen molar-refractivity contribution in [1.29, 1.82) is 0 Å². The number of nitrogens with one attached hydrogen (secondary N) is 1. The highest BCUT2D eigenvalue weighted by atomic mass is 19.3. The van der Waals surface area contributed by atoms with E-state index in [0.717, 1.165) is 77.1 Å². The maximum atomic E-state index is 15.1. The molecule has 0 radical (unpaired) electrons. The number of aliphatic imine (C=N–C) groups is 1. The standard InChI is InChI=1S/C51H57F2N7O2/c1-5-57(6-2)46(39-16-11-9-12-17-39)49(61)59-29-15-20-44(59)42-30-41(32-54-42)37-23-21-35(22-24-37)36-25-27-38(28-26-36)43-33-55-48(56-43)45-31-51(52,53)34-60(45)50(62)47(58(7-3)8-4)40-18-13-10-14-19-40/h9-14,16-19,21-28,32-33,44-47H,5-8,15,20,29-31,34H2,1-4H3,(H,55,56)/t44-,45-,46+,47+/m0/s1. The minimum atomic E-state index is -3.03. The zero-order valence-corrected chi connectivity index (χ0v) is 36.2. The Morgan fingerprint density at radius 1 is 0.710 bits per heavy atom. The number of imidazole rings is 1. The highest BCUT2D eigenvalue weighted by Crippen LogP contribution is 2.43. The summed E-state index contributed by atoms with van der Waals surface area (Å²) in [4.78, 5) is 48.9. The topological polar surface area (TPSA) is 88.1 Å². The van der Waals surface area contributed by atoms with Gasteiger partial charge < -0.3 is 14.8 Å². The maximum Gasteiger partial charge on any atom is 0.267 e. The molecule has 2 saturated heterocycles. The summed E-state index contributed by atoms with van der Waals surface area (Å²) in [5.41, 5.74) is 8.77. The van der Waals surface area contributed by atoms with E-state index in [1.165, 1.54) is 4.90 Å². The van der Waals surface area contributed by atoms with Gasteiger partial charge in [0.05, 0.1) is 30.5 Å². The Morgan fingerprint density at radius 2 is 1.23 bits per heavy atom. The molecule has 8 rings (SSSR count). The molecular formula is C51H57F2N7O2. The predicted molar refractivity (Wildman–Crippen MR) is 242 cm³/mol. The van der Waals surface area contributed by atoms with Crippen LogP contribution in [0.25, 0.3) is 28.0 Å². The van der Waals surface area contributed by atoms with Crippen LogP contribution in [0, 0.1) is 0 Å². The lowest BCUT2D eigenvalue weighted by molar-refractivity contribution is -0.139. The molecule has 0 aliphatic carbocycles. The Balaban J connectivity index is 0.925. The van der Waals surface area contributed by atoms with Gasteiger partial charge in [-0.25, -0.2) is 13.8 Å². The zero-order chi connectivity index (χ0) is 43.4. The van der Waals surface area contributed by atoms with Crippen molar-refractivity contribution < 1.29 is 18.4 Å². The maximum absolute atomic E-state index is 15.1. The fraction of sp³-hybridized carbons (Fsp3) is 0.373. The smallest absolute Gasteiger partial charge is 0.267 e. The van der Waals surface area contributed by atoms with Gasteiger partial charge in [-0.1, -0.05) is 137 Å². The van der Waals surface area contributed by atoms with Gasteiger partial charge in [-0.05, 0) is 78.0 Å². The zero-order valence-electron chi connectivity index (χ0n) is 36.2. The van der Waals surface area contributed by atoms with Crippen LogP contribution < -0.4 is 0 Å². The summed E-state index contributed by atoms with van der Waals surface area (Å²) in [5.74, 6) is -2.87. The molecule has 4 atom stereocenters. The first-order chi connectivity index (χ1) is 30.1. The molecule has 0 spiro atoms. The van der Waals surface area contributed by atoms with E-state index < -0.39 is 31.0 Å². The monoisotopic (exact) mass is 837 g/mol. The van der Waals surface area contributed by atoms with E-state index in [1.807, 2.05) is 97.7 Å². The molecule has 1 N–H and O–H groups in total. The van der Waals surface area contributed by atoms with Crippen molar-refractivity contribution in [2.45, 2.75) is 83.5 Å². The number of aromatic amines is 1. The highest BCUT2D eigenvalue weighted by Gasteiger charge is 2.50. The molecule has 4 heterocycles. The molecule has 11 heteroatoms. The molecule has 3 aliphatic heterocycles. The number of likely N-dealkylation sites (N-methyl/N-ethyl adjacent to an activating group) is 2. The summed E-state index contributed by atoms with van der Waals surface area (Å²) in [6.07, 6.45) is 5.73. The molecule has 0 saturated carbocycles. The summed E-state index contributed by atoms with van der Waals surface area (Å²) < 4.78 is 30.3. The van der Waals surface area contributed by atoms with Crippen molar-refractivity contribution in [1.82, 2.24) is 29.6 Å². The number of aromatic nitrogens is 2. The Hall–Kier alpha value is -5.78. The average molecular weight is 838 g/mol. The number of allylic oxidation sites excluding steroid dienone is 1. The first-order valence-corrected chi connectivity index (χ1v) is 22.2. The number of carbonyl (C=O) groups is 2. The Kier molecular flexibility index (Phi) is 12.9. The molecule has 62 heavy (non-hydrogen) atoms. The van der Waals surface area contributed by atoms with Crippen LogP contribution in [-0.4, -0.2) is 98.3 Å². The van der Waals surface area contributed by atoms with Crippen molar-refractivity contribution in [2.75, 3.05) is 39.3 Å². The van der Waals surface area contributed by atoms with Crippen LogP contribution in [0.2, 0.25) is 0 Å². The number of nitrogens with zero attached hydrogens (tertiary/aromatic N) is 6. The summed E-state index contributed by atoms with van der Waals surface area (Å²) in [7, 11) is 0. The largest absolute Gasteiger partial charge is 0.340 e. The lowest BCUT2D eigenvalue weighted by atomic mass is 9.96. The fourth-order valence-electron chi connectivity index (χ4n) is 9.65. The first-order valence-electron chi connectivity index (χ1n) is 22.2. The van der Waals surface area contributed by atoms with Crippen LogP contribution in [0.15, 0.2) is 127 Å². The van der Waals surface area contributed by atoms with Gasteiger partial charge >= 0.3 is 0 Å². The van der Waals surface area contributed by atoms with Gasteiger partial charge in [-0.3, -0.25) is 24.4 Å². The summed E-state index contributed by atoms with van der Waals surface area (Å²) in [6, 6.07) is 34.2. The third-order valence-electron chi connectivity index (χ3n) is 13.0. The van der Waals surface area contributed by atoms with Gasteiger partial charge in [0.2, 0.25) is 11.8 Å². The molecule has 2 amide bonds. The Bertz CT molecular complexity index is 2370. The van der Waals surface area contributed by atoms with E-state index in [1.54, 1.807) is 6.20 Å². The second-order valence-corrected chi connectivity index (χ2v) is 16.6. The van der Waals surface area contributed by atoms with Crippen LogP contribution in [-0.2, 0) is 9.59 Å². The normalized spacial score (nSPS) is 19.5. The highest BCUT2D eigenvalue weighted by molar-refractivity contribution is 6.03. The molecule has 9 nitrogen and oxygen atoms in total. The molecule has 5 aromatic rings. The second kappa shape index (κ2) is 18.7. The molecule has 4 aromatic carbocycles. The molecule has 0 unspecified atom stereocenters. The molecular weight excluding hydrogens is 781 g/mol. The average Bonchev–Trinajstić information content (AvgIpc) is 4.15. The number of H-pyrrole nitrogens is 1. The third-order valence-corrected chi connectivity index (χ3v) is 13.0. The van der Waals surface area contributed by atoms with E-state index in [9.17, 15) is 9.59 Å². The molecule has 3 aliphatic rings. The quantitative estimate of drug-likeness (QED) is 0.114. The van der Waals surface area contributed by atoms with Crippen molar-refractivity contribution in [3.05, 3.63) is 144 Å². The number of halogens is 2. The lowest BCUT2D eigenvalue weighted by Gasteiger charge is -2.35. The first kappa shape index (κ1) is 42.9. The van der Waals surface area contributed by atoms with E-state index in [4.69, 9.17) is 4.99 Å². The number of rotatable bonds is 15. The minimum absolute atomic E-state index is 0.00755. The Morgan fingerprint density at radius 3 is 1.77 bits per heavy atom.